The third-order valence-electron chi connectivity index (χ3n) is 7.26. The lowest BCUT2D eigenvalue weighted by Crippen LogP contribution is -2.40. The molecule has 3 heterocycles. The van der Waals surface area contributed by atoms with Crippen LogP contribution in [0.3, 0.4) is 0 Å². The van der Waals surface area contributed by atoms with Crippen LogP contribution < -0.4 is 29.7 Å². The van der Waals surface area contributed by atoms with E-state index in [2.05, 4.69) is 5.32 Å². The summed E-state index contributed by atoms with van der Waals surface area (Å²) in [4.78, 5) is 34.0. The lowest BCUT2D eigenvalue weighted by Gasteiger charge is -2.24. The molecule has 0 saturated carbocycles. The number of ether oxygens (including phenoxy) is 2. The fourth-order valence-corrected chi connectivity index (χ4v) is 7.15. The molecular formula is C34H28ClN3O4S2. The average molecular weight is 642 g/mol. The van der Waals surface area contributed by atoms with Gasteiger partial charge in [0.05, 0.1) is 22.9 Å². The third kappa shape index (κ3) is 5.99. The number of hydrogen-bond donors (Lipinski definition) is 1. The summed E-state index contributed by atoms with van der Waals surface area (Å²) in [5, 5.41) is 5.57. The van der Waals surface area contributed by atoms with Crippen molar-refractivity contribution in [2.75, 3.05) is 12.4 Å². The molecule has 7 nitrogen and oxygen atoms in total. The Morgan fingerprint density at radius 1 is 1.07 bits per heavy atom. The number of allylic oxidation sites excluding steroid dienone is 1. The number of methoxy groups -OCH3 is 1. The van der Waals surface area contributed by atoms with Gasteiger partial charge in [0, 0.05) is 21.2 Å². The molecular weight excluding hydrogens is 614 g/mol. The van der Waals surface area contributed by atoms with Crippen LogP contribution >= 0.6 is 34.3 Å². The summed E-state index contributed by atoms with van der Waals surface area (Å²) in [5.74, 6) is 1.03. The molecule has 1 aliphatic heterocycles. The Morgan fingerprint density at radius 2 is 1.91 bits per heavy atom. The smallest absolute Gasteiger partial charge is 0.271 e. The zero-order chi connectivity index (χ0) is 30.8. The first kappa shape index (κ1) is 29.6. The quantitative estimate of drug-likeness (QED) is 0.210. The molecule has 44 heavy (non-hydrogen) atoms. The molecule has 1 amide bonds. The third-order valence-corrected chi connectivity index (χ3v) is 9.41. The van der Waals surface area contributed by atoms with Gasteiger partial charge >= 0.3 is 0 Å². The number of carbonyl (C=O) groups excluding carboxylic acids is 1. The van der Waals surface area contributed by atoms with Crippen LogP contribution in [0.5, 0.6) is 11.5 Å². The minimum absolute atomic E-state index is 0.214. The summed E-state index contributed by atoms with van der Waals surface area (Å²) in [7, 11) is 1.61. The SMILES string of the molecule is COc1ccc(/C=c2/sc3n(c2=O)C(c2cccs2)C(C(=O)Nc2ccccc2C)=C(C)N=3)cc1COc1cccc(Cl)c1. The molecule has 0 fully saturated rings. The van der Waals surface area contributed by atoms with Crippen LogP contribution in [0.25, 0.3) is 6.08 Å². The van der Waals surface area contributed by atoms with Crippen molar-refractivity contribution in [3.8, 4) is 11.5 Å². The van der Waals surface area contributed by atoms with Gasteiger partial charge in [-0.05, 0) is 78.9 Å². The number of fused-ring (bicyclic) bond motifs is 1. The van der Waals surface area contributed by atoms with E-state index >= 15 is 0 Å². The van der Waals surface area contributed by atoms with Crippen molar-refractivity contribution in [2.24, 2.45) is 4.99 Å². The summed E-state index contributed by atoms with van der Waals surface area (Å²) in [6, 6.07) is 23.8. The molecule has 222 valence electrons. The van der Waals surface area contributed by atoms with Crippen molar-refractivity contribution in [2.45, 2.75) is 26.5 Å². The van der Waals surface area contributed by atoms with Gasteiger partial charge in [-0.3, -0.25) is 14.2 Å². The van der Waals surface area contributed by atoms with Gasteiger partial charge in [0.25, 0.3) is 11.5 Å². The number of aromatic nitrogens is 1. The molecule has 10 heteroatoms. The van der Waals surface area contributed by atoms with Gasteiger partial charge in [0.2, 0.25) is 0 Å². The fraction of sp³-hybridized carbons (Fsp3) is 0.147. The minimum Gasteiger partial charge on any atom is -0.496 e. The van der Waals surface area contributed by atoms with Crippen LogP contribution in [-0.4, -0.2) is 17.6 Å². The number of halogens is 1. The van der Waals surface area contributed by atoms with Gasteiger partial charge in [-0.2, -0.15) is 0 Å². The number of amides is 1. The number of anilines is 1. The number of benzene rings is 3. The van der Waals surface area contributed by atoms with Crippen molar-refractivity contribution in [1.29, 1.82) is 0 Å². The zero-order valence-electron chi connectivity index (χ0n) is 24.2. The number of para-hydroxylation sites is 1. The fourth-order valence-electron chi connectivity index (χ4n) is 5.10. The summed E-state index contributed by atoms with van der Waals surface area (Å²) in [6.07, 6.45) is 1.84. The second kappa shape index (κ2) is 12.7. The number of aryl methyl sites for hydroxylation is 1. The number of hydrogen-bond acceptors (Lipinski definition) is 7. The Balaban J connectivity index is 1.38. The van der Waals surface area contributed by atoms with Gasteiger partial charge in [0.15, 0.2) is 4.80 Å². The molecule has 2 aromatic heterocycles. The largest absolute Gasteiger partial charge is 0.496 e. The number of nitrogens with zero attached hydrogens (tertiary/aromatic N) is 2. The monoisotopic (exact) mass is 641 g/mol. The standard InChI is InChI=1S/C34H28ClN3O4S2/c1-20-8-4-5-11-26(20)37-32(39)30-21(2)36-34-38(31(30)28-12-7-15-43-28)33(40)29(44-34)17-22-13-14-27(41-3)23(16-22)19-42-25-10-6-9-24(35)18-25/h4-18,31H,19H2,1-3H3,(H,37,39)/b29-17+. The number of thiophene rings is 1. The molecule has 0 aliphatic carbocycles. The maximum Gasteiger partial charge on any atom is 0.271 e. The van der Waals surface area contributed by atoms with E-state index in [4.69, 9.17) is 26.1 Å². The highest BCUT2D eigenvalue weighted by Gasteiger charge is 2.33. The van der Waals surface area contributed by atoms with Crippen molar-refractivity contribution in [3.63, 3.8) is 0 Å². The topological polar surface area (TPSA) is 81.9 Å². The van der Waals surface area contributed by atoms with Gasteiger partial charge in [-0.1, -0.05) is 59.3 Å². The van der Waals surface area contributed by atoms with E-state index in [9.17, 15) is 9.59 Å². The van der Waals surface area contributed by atoms with E-state index in [1.807, 2.05) is 92.0 Å². The highest BCUT2D eigenvalue weighted by atomic mass is 35.5. The van der Waals surface area contributed by atoms with Crippen LogP contribution in [0, 0.1) is 6.92 Å². The molecule has 1 N–H and O–H groups in total. The van der Waals surface area contributed by atoms with E-state index in [1.54, 1.807) is 23.8 Å². The summed E-state index contributed by atoms with van der Waals surface area (Å²) in [6.45, 7) is 4.01. The number of thiazole rings is 1. The average Bonchev–Trinajstić information content (AvgIpc) is 3.65. The summed E-state index contributed by atoms with van der Waals surface area (Å²) < 4.78 is 13.7. The van der Waals surface area contributed by atoms with Gasteiger partial charge in [0.1, 0.15) is 24.1 Å². The first-order chi connectivity index (χ1) is 21.3. The first-order valence-electron chi connectivity index (χ1n) is 13.8. The predicted octanol–water partition coefficient (Wildman–Crippen LogP) is 6.48. The van der Waals surface area contributed by atoms with Crippen LogP contribution in [0.2, 0.25) is 5.02 Å². The Kier molecular flexibility index (Phi) is 8.52. The number of nitrogens with one attached hydrogen (secondary N) is 1. The van der Waals surface area contributed by atoms with Crippen LogP contribution in [-0.2, 0) is 11.4 Å². The molecule has 0 radical (unpaired) electrons. The highest BCUT2D eigenvalue weighted by Crippen LogP contribution is 2.33. The van der Waals surface area contributed by atoms with E-state index < -0.39 is 6.04 Å². The zero-order valence-corrected chi connectivity index (χ0v) is 26.6. The normalized spacial score (nSPS) is 14.6. The molecule has 5 aromatic rings. The summed E-state index contributed by atoms with van der Waals surface area (Å²) in [5.41, 5.74) is 4.09. The molecule has 0 spiro atoms. The second-order valence-corrected chi connectivity index (χ2v) is 12.6. The molecule has 1 aliphatic rings. The maximum absolute atomic E-state index is 14.0. The Labute approximate surface area is 267 Å². The molecule has 0 bridgehead atoms. The lowest BCUT2D eigenvalue weighted by molar-refractivity contribution is -0.113. The number of rotatable bonds is 8. The van der Waals surface area contributed by atoms with E-state index in [0.717, 1.165) is 27.3 Å². The van der Waals surface area contributed by atoms with Crippen molar-refractivity contribution < 1.29 is 14.3 Å². The maximum atomic E-state index is 14.0. The summed E-state index contributed by atoms with van der Waals surface area (Å²) >= 11 is 8.91. The Hall–Kier alpha value is -4.44. The van der Waals surface area contributed by atoms with Crippen molar-refractivity contribution in [1.82, 2.24) is 4.57 Å². The van der Waals surface area contributed by atoms with Crippen LogP contribution in [0.15, 0.2) is 105 Å². The van der Waals surface area contributed by atoms with Gasteiger partial charge in [-0.25, -0.2) is 4.99 Å². The molecule has 3 aromatic carbocycles. The Morgan fingerprint density at radius 3 is 2.66 bits per heavy atom. The lowest BCUT2D eigenvalue weighted by atomic mass is 10.0. The minimum atomic E-state index is -0.602. The molecule has 0 saturated heterocycles. The molecule has 1 unspecified atom stereocenters. The molecule has 6 rings (SSSR count). The van der Waals surface area contributed by atoms with Gasteiger partial charge < -0.3 is 14.8 Å². The van der Waals surface area contributed by atoms with Crippen molar-refractivity contribution in [3.05, 3.63) is 142 Å². The van der Waals surface area contributed by atoms with E-state index in [0.29, 0.717) is 37.1 Å². The Bertz CT molecular complexity index is 2080. The highest BCUT2D eigenvalue weighted by molar-refractivity contribution is 7.10. The van der Waals surface area contributed by atoms with Gasteiger partial charge in [-0.15, -0.1) is 11.3 Å². The second-order valence-electron chi connectivity index (χ2n) is 10.2. The predicted molar refractivity (Wildman–Crippen MR) is 177 cm³/mol. The van der Waals surface area contributed by atoms with Crippen LogP contribution in [0.1, 0.15) is 34.5 Å². The van der Waals surface area contributed by atoms with E-state index in [1.165, 1.54) is 22.7 Å². The number of carbonyl (C=O) groups is 1. The van der Waals surface area contributed by atoms with Crippen molar-refractivity contribution >= 4 is 51.9 Å². The van der Waals surface area contributed by atoms with Crippen LogP contribution in [0.4, 0.5) is 5.69 Å². The van der Waals surface area contributed by atoms with E-state index in [-0.39, 0.29) is 18.1 Å². The first-order valence-corrected chi connectivity index (χ1v) is 15.9. The molecule has 1 atom stereocenters.